The number of anilines is 4. The molecule has 2 N–H and O–H groups in total. The average molecular weight is 514 g/mol. The Labute approximate surface area is 219 Å². The van der Waals surface area contributed by atoms with Gasteiger partial charge < -0.3 is 24.4 Å². The number of aromatic nitrogens is 5. The molecule has 1 fully saturated rings. The first-order chi connectivity index (χ1) is 18.6. The van der Waals surface area contributed by atoms with Crippen LogP contribution in [-0.4, -0.2) is 64.0 Å². The van der Waals surface area contributed by atoms with E-state index in [-0.39, 0.29) is 5.88 Å². The number of hydrogen-bond donors (Lipinski definition) is 2. The van der Waals surface area contributed by atoms with E-state index in [4.69, 9.17) is 19.2 Å². The highest BCUT2D eigenvalue weighted by Gasteiger charge is 2.27. The van der Waals surface area contributed by atoms with E-state index in [2.05, 4.69) is 35.6 Å². The zero-order chi connectivity index (χ0) is 25.9. The van der Waals surface area contributed by atoms with E-state index in [1.165, 1.54) is 5.56 Å². The normalized spacial score (nSPS) is 15.2. The molecule has 0 radical (unpaired) electrons. The van der Waals surface area contributed by atoms with Crippen molar-refractivity contribution >= 4 is 29.4 Å². The van der Waals surface area contributed by atoms with E-state index in [0.29, 0.717) is 42.9 Å². The average Bonchev–Trinajstić information content (AvgIpc) is 3.37. The molecule has 12 heteroatoms. The van der Waals surface area contributed by atoms with Gasteiger partial charge in [0.2, 0.25) is 11.8 Å². The fraction of sp³-hybridized carbons (Fsp3) is 0.308. The number of carbonyl (C=O) groups excluding carboxylic acids is 1. The van der Waals surface area contributed by atoms with Crippen molar-refractivity contribution in [2.75, 3.05) is 53.3 Å². The van der Waals surface area contributed by atoms with Crippen LogP contribution in [0.15, 0.2) is 53.3 Å². The lowest BCUT2D eigenvalue weighted by atomic mass is 10.0. The van der Waals surface area contributed by atoms with Gasteiger partial charge in [0.25, 0.3) is 0 Å². The number of fused-ring (bicyclic) bond motifs is 1. The molecule has 0 atom stereocenters. The van der Waals surface area contributed by atoms with Crippen molar-refractivity contribution in [1.82, 2.24) is 25.1 Å². The number of carbonyl (C=O) groups is 1. The topological polar surface area (TPSA) is 134 Å². The van der Waals surface area contributed by atoms with Gasteiger partial charge >= 0.3 is 6.03 Å². The first-order valence-corrected chi connectivity index (χ1v) is 12.5. The number of benzene rings is 1. The van der Waals surface area contributed by atoms with Gasteiger partial charge in [-0.1, -0.05) is 5.16 Å². The highest BCUT2D eigenvalue weighted by atomic mass is 16.5. The zero-order valence-electron chi connectivity index (χ0n) is 20.9. The molecule has 2 aliphatic rings. The number of nitrogens with one attached hydrogen (secondary N) is 2. The van der Waals surface area contributed by atoms with Gasteiger partial charge in [0.15, 0.2) is 5.82 Å². The summed E-state index contributed by atoms with van der Waals surface area (Å²) in [4.78, 5) is 35.6. The maximum atomic E-state index is 12.3. The van der Waals surface area contributed by atoms with Crippen molar-refractivity contribution in [3.8, 4) is 11.4 Å². The Bertz CT molecular complexity index is 1420. The van der Waals surface area contributed by atoms with Gasteiger partial charge in [0, 0.05) is 54.9 Å². The Morgan fingerprint density at radius 1 is 0.974 bits per heavy atom. The van der Waals surface area contributed by atoms with Crippen LogP contribution in [0.5, 0.6) is 0 Å². The van der Waals surface area contributed by atoms with Gasteiger partial charge in [0.1, 0.15) is 5.82 Å². The van der Waals surface area contributed by atoms with Gasteiger partial charge in [0.05, 0.1) is 31.1 Å². The van der Waals surface area contributed by atoms with Crippen molar-refractivity contribution in [2.45, 2.75) is 19.9 Å². The number of hydrogen-bond acceptors (Lipinski definition) is 10. The molecule has 0 aliphatic carbocycles. The molecule has 0 saturated carbocycles. The number of nitrogens with zero attached hydrogens (tertiary/aromatic N) is 7. The molecule has 2 aliphatic heterocycles. The number of urea groups is 1. The van der Waals surface area contributed by atoms with E-state index < -0.39 is 6.03 Å². The van der Waals surface area contributed by atoms with Crippen molar-refractivity contribution in [3.05, 3.63) is 65.7 Å². The van der Waals surface area contributed by atoms with Gasteiger partial charge in [-0.15, -0.1) is 0 Å². The molecule has 5 heterocycles. The van der Waals surface area contributed by atoms with Crippen LogP contribution in [0.25, 0.3) is 11.4 Å². The van der Waals surface area contributed by atoms with E-state index in [9.17, 15) is 4.79 Å². The molecule has 3 aromatic heterocycles. The Hall–Kier alpha value is -4.58. The highest BCUT2D eigenvalue weighted by Crippen LogP contribution is 2.31. The number of aryl methyl sites for hydroxylation is 1. The fourth-order valence-electron chi connectivity index (χ4n) is 4.60. The summed E-state index contributed by atoms with van der Waals surface area (Å²) in [6.45, 7) is 6.11. The van der Waals surface area contributed by atoms with Gasteiger partial charge in [-0.3, -0.25) is 5.32 Å². The van der Waals surface area contributed by atoms with E-state index in [1.54, 1.807) is 25.4 Å². The van der Waals surface area contributed by atoms with Crippen LogP contribution in [0.3, 0.4) is 0 Å². The Morgan fingerprint density at radius 2 is 1.76 bits per heavy atom. The molecule has 194 valence electrons. The molecule has 1 saturated heterocycles. The van der Waals surface area contributed by atoms with Crippen LogP contribution in [0.2, 0.25) is 0 Å². The monoisotopic (exact) mass is 513 g/mol. The summed E-state index contributed by atoms with van der Waals surface area (Å²) in [6, 6.07) is 10.5. The van der Waals surface area contributed by atoms with Crippen LogP contribution >= 0.6 is 0 Å². The highest BCUT2D eigenvalue weighted by molar-refractivity contribution is 5.99. The third-order valence-electron chi connectivity index (χ3n) is 6.45. The first-order valence-electron chi connectivity index (χ1n) is 12.5. The summed E-state index contributed by atoms with van der Waals surface area (Å²) in [6.07, 6.45) is 4.32. The molecular weight excluding hydrogens is 486 g/mol. The molecule has 0 spiro atoms. The van der Waals surface area contributed by atoms with Crippen LogP contribution < -0.4 is 20.4 Å². The van der Waals surface area contributed by atoms with E-state index in [0.717, 1.165) is 43.1 Å². The summed E-state index contributed by atoms with van der Waals surface area (Å²) < 4.78 is 10.6. The maximum Gasteiger partial charge on any atom is 0.326 e. The lowest BCUT2D eigenvalue weighted by Gasteiger charge is -2.34. The summed E-state index contributed by atoms with van der Waals surface area (Å²) in [5.41, 5.74) is 4.30. The quantitative estimate of drug-likeness (QED) is 0.409. The minimum Gasteiger partial charge on any atom is -0.378 e. The second kappa shape index (κ2) is 10.4. The van der Waals surface area contributed by atoms with Gasteiger partial charge in [-0.25, -0.2) is 24.7 Å². The molecule has 6 rings (SSSR count). The largest absolute Gasteiger partial charge is 0.378 e. The number of amides is 2. The van der Waals surface area contributed by atoms with Crippen LogP contribution in [0.4, 0.5) is 28.1 Å². The van der Waals surface area contributed by atoms with Crippen molar-refractivity contribution in [1.29, 1.82) is 0 Å². The fourth-order valence-corrected chi connectivity index (χ4v) is 4.60. The lowest BCUT2D eigenvalue weighted by Crippen LogP contribution is -2.39. The molecule has 1 aromatic carbocycles. The summed E-state index contributed by atoms with van der Waals surface area (Å²) >= 11 is 0. The summed E-state index contributed by atoms with van der Waals surface area (Å²) in [7, 11) is 0. The molecular formula is C26H27N9O3. The Kier molecular flexibility index (Phi) is 6.53. The molecule has 38 heavy (non-hydrogen) atoms. The van der Waals surface area contributed by atoms with Crippen LogP contribution in [0.1, 0.15) is 17.0 Å². The van der Waals surface area contributed by atoms with Crippen molar-refractivity contribution < 1.29 is 14.1 Å². The van der Waals surface area contributed by atoms with Gasteiger partial charge in [-0.05, 0) is 43.7 Å². The van der Waals surface area contributed by atoms with E-state index in [1.807, 2.05) is 30.3 Å². The van der Waals surface area contributed by atoms with Gasteiger partial charge in [-0.2, -0.15) is 0 Å². The zero-order valence-corrected chi connectivity index (χ0v) is 20.9. The third-order valence-corrected chi connectivity index (χ3v) is 6.45. The summed E-state index contributed by atoms with van der Waals surface area (Å²) in [5.74, 6) is 2.57. The van der Waals surface area contributed by atoms with Crippen molar-refractivity contribution in [2.24, 2.45) is 0 Å². The second-order valence-electron chi connectivity index (χ2n) is 9.10. The smallest absolute Gasteiger partial charge is 0.326 e. The Morgan fingerprint density at radius 3 is 2.50 bits per heavy atom. The predicted octanol–water partition coefficient (Wildman–Crippen LogP) is 3.27. The lowest BCUT2D eigenvalue weighted by molar-refractivity contribution is 0.122. The summed E-state index contributed by atoms with van der Waals surface area (Å²) in [5, 5.41) is 9.18. The number of morpholine rings is 1. The number of ether oxygens (including phenoxy) is 1. The van der Waals surface area contributed by atoms with E-state index >= 15 is 0 Å². The van der Waals surface area contributed by atoms with Crippen LogP contribution in [-0.2, 0) is 17.7 Å². The second-order valence-corrected chi connectivity index (χ2v) is 9.10. The third kappa shape index (κ3) is 5.11. The molecule has 2 amide bonds. The van der Waals surface area contributed by atoms with Crippen LogP contribution in [0, 0.1) is 6.92 Å². The standard InChI is InChI=1S/C26H27N9O3/c1-17-15-22(38-33-17)31-26(36)29-19-5-3-18(4-6-19)23-30-21-16-35(25-27-8-2-9-28-25)10-7-20(21)24(32-23)34-11-13-37-14-12-34/h2-6,8-9,15H,7,10-14,16H2,1H3,(H2,29,31,36). The molecule has 0 bridgehead atoms. The Balaban J connectivity index is 1.26. The minimum absolute atomic E-state index is 0.282. The SMILES string of the molecule is Cc1cc(NC(=O)Nc2ccc(-c3nc4c(c(N5CCOCC5)n3)CCN(c3ncccn3)C4)cc2)on1. The predicted molar refractivity (Wildman–Crippen MR) is 141 cm³/mol. The van der Waals surface area contributed by atoms with Crippen molar-refractivity contribution in [3.63, 3.8) is 0 Å². The number of rotatable bonds is 5. The first kappa shape index (κ1) is 23.8. The molecule has 0 unspecified atom stereocenters. The minimum atomic E-state index is -0.420. The molecule has 4 aromatic rings. The molecule has 12 nitrogen and oxygen atoms in total. The maximum absolute atomic E-state index is 12.3.